The van der Waals surface area contributed by atoms with Crippen LogP contribution < -0.4 is 5.32 Å². The summed E-state index contributed by atoms with van der Waals surface area (Å²) in [6, 6.07) is 0. The molecule has 3 heteroatoms. The van der Waals surface area contributed by atoms with Crippen LogP contribution in [0, 0.1) is 5.92 Å². The van der Waals surface area contributed by atoms with Gasteiger partial charge in [-0.2, -0.15) is 0 Å². The van der Waals surface area contributed by atoms with Crippen LogP contribution in [0.3, 0.4) is 0 Å². The number of carbonyl (C=O) groups is 1. The van der Waals surface area contributed by atoms with Gasteiger partial charge >= 0.3 is 0 Å². The predicted octanol–water partition coefficient (Wildman–Crippen LogP) is 2.62. The van der Waals surface area contributed by atoms with E-state index in [-0.39, 0.29) is 5.91 Å². The van der Waals surface area contributed by atoms with Crippen molar-refractivity contribution in [2.75, 3.05) is 6.54 Å². The first-order valence-electron chi connectivity index (χ1n) is 7.05. The van der Waals surface area contributed by atoms with Crippen LogP contribution in [0.4, 0.5) is 0 Å². The summed E-state index contributed by atoms with van der Waals surface area (Å²) in [5, 5.41) is 13.3. The fourth-order valence-electron chi connectivity index (χ4n) is 2.36. The molecule has 1 aliphatic rings. The zero-order valence-corrected chi connectivity index (χ0v) is 11.3. The van der Waals surface area contributed by atoms with Crippen LogP contribution in [0.25, 0.3) is 0 Å². The maximum Gasteiger partial charge on any atom is 0.220 e. The second-order valence-corrected chi connectivity index (χ2v) is 5.63. The Morgan fingerprint density at radius 3 is 2.41 bits per heavy atom. The van der Waals surface area contributed by atoms with Crippen LogP contribution in [-0.2, 0) is 4.79 Å². The van der Waals surface area contributed by atoms with Crippen molar-refractivity contribution in [3.63, 3.8) is 0 Å². The third kappa shape index (κ3) is 5.53. The van der Waals surface area contributed by atoms with Crippen molar-refractivity contribution in [3.8, 4) is 0 Å². The molecule has 0 aromatic heterocycles. The van der Waals surface area contributed by atoms with Crippen molar-refractivity contribution >= 4 is 5.91 Å². The molecule has 0 aromatic rings. The monoisotopic (exact) mass is 241 g/mol. The maximum atomic E-state index is 11.7. The van der Waals surface area contributed by atoms with Gasteiger partial charge in [-0.05, 0) is 18.8 Å². The smallest absolute Gasteiger partial charge is 0.220 e. The van der Waals surface area contributed by atoms with Gasteiger partial charge in [0.1, 0.15) is 0 Å². The third-order valence-corrected chi connectivity index (χ3v) is 3.88. The summed E-state index contributed by atoms with van der Waals surface area (Å²) in [5.41, 5.74) is -0.651. The molecule has 1 saturated carbocycles. The molecule has 1 fully saturated rings. The third-order valence-electron chi connectivity index (χ3n) is 3.88. The van der Waals surface area contributed by atoms with E-state index in [1.165, 1.54) is 12.8 Å². The van der Waals surface area contributed by atoms with E-state index in [9.17, 15) is 9.90 Å². The molecule has 0 bridgehead atoms. The normalized spacial score (nSPS) is 21.6. The van der Waals surface area contributed by atoms with Crippen LogP contribution in [0.1, 0.15) is 65.2 Å². The standard InChI is InChI=1S/C14H27NO2/c1-3-12(2)10-13(16)15-11-14(17)8-6-4-5-7-9-14/h12,17H,3-11H2,1-2H3,(H,15,16). The molecule has 3 nitrogen and oxygen atoms in total. The zero-order valence-electron chi connectivity index (χ0n) is 11.3. The number of rotatable bonds is 5. The van der Waals surface area contributed by atoms with Crippen molar-refractivity contribution in [1.29, 1.82) is 0 Å². The van der Waals surface area contributed by atoms with Gasteiger partial charge < -0.3 is 10.4 Å². The topological polar surface area (TPSA) is 49.3 Å². The average molecular weight is 241 g/mol. The van der Waals surface area contributed by atoms with Crippen LogP contribution >= 0.6 is 0 Å². The summed E-state index contributed by atoms with van der Waals surface area (Å²) >= 11 is 0. The maximum absolute atomic E-state index is 11.7. The van der Waals surface area contributed by atoms with E-state index in [0.29, 0.717) is 18.9 Å². The van der Waals surface area contributed by atoms with Gasteiger partial charge in [-0.1, -0.05) is 46.0 Å². The van der Waals surface area contributed by atoms with E-state index in [1.807, 2.05) is 0 Å². The van der Waals surface area contributed by atoms with Crippen molar-refractivity contribution < 1.29 is 9.90 Å². The molecule has 100 valence electrons. The van der Waals surface area contributed by atoms with E-state index >= 15 is 0 Å². The molecule has 2 N–H and O–H groups in total. The first-order valence-corrected chi connectivity index (χ1v) is 7.05. The van der Waals surface area contributed by atoms with E-state index < -0.39 is 5.60 Å². The van der Waals surface area contributed by atoms with Gasteiger partial charge in [0.05, 0.1) is 5.60 Å². The molecule has 0 aromatic carbocycles. The van der Waals surface area contributed by atoms with Gasteiger partial charge in [0.2, 0.25) is 5.91 Å². The first kappa shape index (κ1) is 14.5. The summed E-state index contributed by atoms with van der Waals surface area (Å²) in [6.07, 6.45) is 7.85. The number of hydrogen-bond acceptors (Lipinski definition) is 2. The molecule has 0 spiro atoms. The van der Waals surface area contributed by atoms with E-state index in [0.717, 1.165) is 32.1 Å². The van der Waals surface area contributed by atoms with Crippen molar-refractivity contribution in [2.24, 2.45) is 5.92 Å². The Labute approximate surface area is 105 Å². The fourth-order valence-corrected chi connectivity index (χ4v) is 2.36. The summed E-state index contributed by atoms with van der Waals surface area (Å²) in [4.78, 5) is 11.7. The molecular weight excluding hydrogens is 214 g/mol. The van der Waals surface area contributed by atoms with Crippen molar-refractivity contribution in [1.82, 2.24) is 5.32 Å². The second-order valence-electron chi connectivity index (χ2n) is 5.63. The lowest BCUT2D eigenvalue weighted by molar-refractivity contribution is -0.123. The minimum Gasteiger partial charge on any atom is -0.388 e. The van der Waals surface area contributed by atoms with E-state index in [2.05, 4.69) is 19.2 Å². The summed E-state index contributed by atoms with van der Waals surface area (Å²) < 4.78 is 0. The Bertz CT molecular complexity index is 232. The number of carbonyl (C=O) groups excluding carboxylic acids is 1. The van der Waals surface area contributed by atoms with Crippen LogP contribution in [0.5, 0.6) is 0 Å². The molecule has 0 heterocycles. The molecule has 1 aliphatic carbocycles. The molecule has 1 amide bonds. The van der Waals surface area contributed by atoms with Gasteiger partial charge in [-0.25, -0.2) is 0 Å². The molecular formula is C14H27NO2. The number of amides is 1. The Morgan fingerprint density at radius 1 is 1.29 bits per heavy atom. The second kappa shape index (κ2) is 7.00. The Balaban J connectivity index is 2.30. The highest BCUT2D eigenvalue weighted by atomic mass is 16.3. The lowest BCUT2D eigenvalue weighted by Gasteiger charge is -2.27. The summed E-state index contributed by atoms with van der Waals surface area (Å²) in [5.74, 6) is 0.510. The number of hydrogen-bond donors (Lipinski definition) is 2. The van der Waals surface area contributed by atoms with Gasteiger partial charge in [0.15, 0.2) is 0 Å². The highest BCUT2D eigenvalue weighted by Gasteiger charge is 2.28. The van der Waals surface area contributed by atoms with E-state index in [1.54, 1.807) is 0 Å². The van der Waals surface area contributed by atoms with Crippen molar-refractivity contribution in [3.05, 3.63) is 0 Å². The predicted molar refractivity (Wildman–Crippen MR) is 69.7 cm³/mol. The molecule has 1 atom stereocenters. The fraction of sp³-hybridized carbons (Fsp3) is 0.929. The lowest BCUT2D eigenvalue weighted by Crippen LogP contribution is -2.42. The molecule has 17 heavy (non-hydrogen) atoms. The highest BCUT2D eigenvalue weighted by molar-refractivity contribution is 5.76. The van der Waals surface area contributed by atoms with Crippen molar-refractivity contribution in [2.45, 2.75) is 70.8 Å². The zero-order chi connectivity index (χ0) is 12.7. The summed E-state index contributed by atoms with van der Waals surface area (Å²) in [7, 11) is 0. The van der Waals surface area contributed by atoms with Crippen LogP contribution in [0.15, 0.2) is 0 Å². The molecule has 0 saturated heterocycles. The number of aliphatic hydroxyl groups is 1. The molecule has 1 rings (SSSR count). The minimum absolute atomic E-state index is 0.0806. The van der Waals surface area contributed by atoms with E-state index in [4.69, 9.17) is 0 Å². The largest absolute Gasteiger partial charge is 0.388 e. The SMILES string of the molecule is CCC(C)CC(=O)NCC1(O)CCCCCC1. The van der Waals surface area contributed by atoms with Gasteiger partial charge in [-0.15, -0.1) is 0 Å². The van der Waals surface area contributed by atoms with Crippen LogP contribution in [-0.4, -0.2) is 23.2 Å². The Hall–Kier alpha value is -0.570. The van der Waals surface area contributed by atoms with Crippen LogP contribution in [0.2, 0.25) is 0 Å². The number of nitrogens with one attached hydrogen (secondary N) is 1. The van der Waals surface area contributed by atoms with Gasteiger partial charge in [0.25, 0.3) is 0 Å². The average Bonchev–Trinajstić information content (AvgIpc) is 2.52. The Kier molecular flexibility index (Phi) is 5.96. The van der Waals surface area contributed by atoms with Gasteiger partial charge in [-0.3, -0.25) is 4.79 Å². The molecule has 1 unspecified atom stereocenters. The first-order chi connectivity index (χ1) is 8.06. The summed E-state index contributed by atoms with van der Waals surface area (Å²) in [6.45, 7) is 4.61. The lowest BCUT2D eigenvalue weighted by atomic mass is 9.94. The minimum atomic E-state index is -0.651. The molecule has 0 radical (unpaired) electrons. The highest BCUT2D eigenvalue weighted by Crippen LogP contribution is 2.26. The molecule has 0 aliphatic heterocycles. The Morgan fingerprint density at radius 2 is 1.88 bits per heavy atom. The quantitative estimate of drug-likeness (QED) is 0.727. The van der Waals surface area contributed by atoms with Gasteiger partial charge in [0, 0.05) is 13.0 Å².